The molecule has 13 N–H and O–H groups in total. The number of hydrogen-bond donors (Lipinski definition) is 9. The fourth-order valence-electron chi connectivity index (χ4n) is 12.7. The summed E-state index contributed by atoms with van der Waals surface area (Å²) in [5.41, 5.74) is 28.2. The number of benzene rings is 4. The van der Waals surface area contributed by atoms with Crippen LogP contribution in [0.25, 0.3) is 0 Å². The quantitative estimate of drug-likeness (QED) is 0.0192. The van der Waals surface area contributed by atoms with Crippen LogP contribution in [0.3, 0.4) is 0 Å². The monoisotopic (exact) mass is 1570 g/mol. The summed E-state index contributed by atoms with van der Waals surface area (Å²) in [6.45, 7) is 7.03. The molecular formula is C67H82B4IN17O17. The highest BCUT2D eigenvalue weighted by atomic mass is 127. The molecule has 0 fully saturated rings. The molecule has 0 spiro atoms. The number of Topliss-reactive ketones (excluding diaryl/α,β-unsaturated/α-hetero) is 8. The molecule has 4 aromatic carbocycles. The summed E-state index contributed by atoms with van der Waals surface area (Å²) in [6, 6.07) is 20.8. The molecule has 5 aliphatic rings. The first kappa shape index (κ1) is 80.8. The molecule has 5 aliphatic heterocycles. The van der Waals surface area contributed by atoms with Crippen molar-refractivity contribution in [1.82, 2.24) is 55.4 Å². The highest BCUT2D eigenvalue weighted by Crippen LogP contribution is 2.41. The van der Waals surface area contributed by atoms with Gasteiger partial charge in [0.25, 0.3) is 0 Å². The highest BCUT2D eigenvalue weighted by Gasteiger charge is 2.42. The number of nitrogens with zero attached hydrogens (tertiary/aromatic N) is 13. The number of carbonyl (C=O) groups is 8. The van der Waals surface area contributed by atoms with Crippen molar-refractivity contribution in [3.05, 3.63) is 150 Å². The van der Waals surface area contributed by atoms with Crippen LogP contribution in [0.2, 0.25) is 23.3 Å². The van der Waals surface area contributed by atoms with E-state index in [-0.39, 0.29) is 123 Å². The number of aromatic nitrogens is 11. The zero-order valence-electron chi connectivity index (χ0n) is 58.9. The average molecular weight is 1570 g/mol. The third-order valence-electron chi connectivity index (χ3n) is 18.0. The van der Waals surface area contributed by atoms with Gasteiger partial charge in [-0.3, -0.25) is 38.4 Å². The van der Waals surface area contributed by atoms with E-state index in [0.29, 0.717) is 121 Å². The van der Waals surface area contributed by atoms with Crippen molar-refractivity contribution in [2.75, 3.05) is 26.2 Å². The summed E-state index contributed by atoms with van der Waals surface area (Å²) in [5.74, 6) is 0.191. The molecule has 2 unspecified atom stereocenters. The lowest BCUT2D eigenvalue weighted by atomic mass is 9.64. The number of aliphatic hydroxyl groups excluding tert-OH is 1. The number of tetrazole rings is 2. The normalized spacial score (nSPS) is 17.7. The molecule has 0 amide bonds. The molecule has 106 heavy (non-hydrogen) atoms. The predicted molar refractivity (Wildman–Crippen MR) is 392 cm³/mol. The smallest absolute Gasteiger partial charge is 0.526 e. The molecule has 3 aromatic heterocycles. The third kappa shape index (κ3) is 21.3. The number of para-hydroxylation sites is 4. The fraction of sp³-hybridized carbons (Fsp3) is 0.433. The van der Waals surface area contributed by atoms with Crippen molar-refractivity contribution < 1.29 is 82.2 Å². The van der Waals surface area contributed by atoms with Crippen molar-refractivity contribution in [3.63, 3.8) is 0 Å². The Labute approximate surface area is 623 Å². The molecule has 556 valence electrons. The van der Waals surface area contributed by atoms with E-state index in [2.05, 4.69) is 74.1 Å². The number of hydrogen-bond acceptors (Lipinski definition) is 31. The van der Waals surface area contributed by atoms with Gasteiger partial charge in [-0.15, -0.1) is 20.4 Å². The minimum atomic E-state index is -1.16. The van der Waals surface area contributed by atoms with Crippen LogP contribution in [0.15, 0.2) is 98.5 Å². The molecule has 12 rings (SSSR count). The van der Waals surface area contributed by atoms with Gasteiger partial charge in [0.05, 0.1) is 39.7 Å². The standard InChI is InChI=1S/C18H23BN4O5.C17H19BIN3O4.2C16H20BN5O4/c1-11(24)17-4-2-3-12-5-13(19(27)28-18(12)17)6-16(26)10-23-9-14(21-22-23)7-15(25)8-20;1-9(23)13-4-2-3-10-5-11(18(25)26-17(10)13)6-12(24)7-14-16(19)15(8-20)22-21-14;1-10(23)14-4-2-3-11-7-12(17(25)26-16(11)14)8-13(24)9-22-15(5-6-18)19-20-21-22;1-10(23)14-4-2-3-11-7-12(17(25)26-16(11)14)8-13(24)9-22-20-15(5-6-18)19-21-22/h2-4,9,13,15,25,27H,5-8,10,20H2,1H3;2-4,11,14,25H,5-8,20H2,1H3;2*2-4,12,25H,5-9,18H2,1H3/t13-,15?;11-,14?;2*12-/m1111/s1. The number of fused-ring (bicyclic) bond motifs is 4. The first-order valence-electron chi connectivity index (χ1n) is 34.4. The lowest BCUT2D eigenvalue weighted by Gasteiger charge is -2.28. The Morgan fingerprint density at radius 3 is 1.37 bits per heavy atom. The summed E-state index contributed by atoms with van der Waals surface area (Å²) in [7, 11) is -4.58. The maximum absolute atomic E-state index is 12.5. The summed E-state index contributed by atoms with van der Waals surface area (Å²) < 4.78 is 26.0. The van der Waals surface area contributed by atoms with Gasteiger partial charge in [0.1, 0.15) is 54.5 Å². The minimum absolute atomic E-state index is 0.00921. The Kier molecular flexibility index (Phi) is 28.8. The van der Waals surface area contributed by atoms with E-state index in [1.54, 1.807) is 54.7 Å². The lowest BCUT2D eigenvalue weighted by Crippen LogP contribution is -2.36. The lowest BCUT2D eigenvalue weighted by molar-refractivity contribution is -0.121. The number of aliphatic hydroxyl groups is 1. The van der Waals surface area contributed by atoms with Gasteiger partial charge < -0.3 is 66.8 Å². The Morgan fingerprint density at radius 2 is 0.962 bits per heavy atom. The van der Waals surface area contributed by atoms with Crippen LogP contribution in [-0.2, 0) is 83.8 Å². The maximum atomic E-state index is 12.5. The van der Waals surface area contributed by atoms with Crippen LogP contribution in [-0.4, -0.2) is 194 Å². The maximum Gasteiger partial charge on any atom is 0.526 e. The van der Waals surface area contributed by atoms with Crippen molar-refractivity contribution in [3.8, 4) is 23.0 Å². The molecule has 0 saturated heterocycles. The second-order valence-electron chi connectivity index (χ2n) is 26.3. The van der Waals surface area contributed by atoms with E-state index in [0.717, 1.165) is 31.5 Å². The van der Waals surface area contributed by atoms with E-state index in [1.165, 1.54) is 41.9 Å². The van der Waals surface area contributed by atoms with E-state index < -0.39 is 52.0 Å². The molecule has 39 heteroatoms. The first-order valence-corrected chi connectivity index (χ1v) is 35.5. The van der Waals surface area contributed by atoms with Crippen molar-refractivity contribution in [2.24, 2.45) is 33.2 Å². The van der Waals surface area contributed by atoms with Crippen molar-refractivity contribution in [2.45, 2.75) is 160 Å². The van der Waals surface area contributed by atoms with Crippen molar-refractivity contribution >= 4 is 97.3 Å². The van der Waals surface area contributed by atoms with Crippen molar-refractivity contribution in [1.29, 1.82) is 0 Å². The predicted octanol–water partition coefficient (Wildman–Crippen LogP) is 1.90. The van der Waals surface area contributed by atoms with Crippen LogP contribution in [0.4, 0.5) is 0 Å². The van der Waals surface area contributed by atoms with E-state index >= 15 is 0 Å². The second-order valence-corrected chi connectivity index (χ2v) is 27.4. The van der Waals surface area contributed by atoms with E-state index in [4.69, 9.17) is 41.6 Å². The fourth-order valence-corrected chi connectivity index (χ4v) is 13.3. The average Bonchev–Trinajstić information content (AvgIpc) is 1.59. The first-order chi connectivity index (χ1) is 50.7. The van der Waals surface area contributed by atoms with Gasteiger partial charge in [0.15, 0.2) is 52.1 Å². The minimum Gasteiger partial charge on any atom is -0.535 e. The van der Waals surface area contributed by atoms with Gasteiger partial charge >= 0.3 is 28.5 Å². The highest BCUT2D eigenvalue weighted by molar-refractivity contribution is 14.1. The van der Waals surface area contributed by atoms with Gasteiger partial charge in [0, 0.05) is 97.5 Å². The van der Waals surface area contributed by atoms with Crippen LogP contribution in [0.5, 0.6) is 23.0 Å². The van der Waals surface area contributed by atoms with Gasteiger partial charge in [0.2, 0.25) is 0 Å². The zero-order chi connectivity index (χ0) is 76.5. The summed E-state index contributed by atoms with van der Waals surface area (Å²) in [5, 5.41) is 89.5. The zero-order valence-corrected chi connectivity index (χ0v) is 61.0. The molecule has 34 nitrogen and oxygen atoms in total. The van der Waals surface area contributed by atoms with E-state index in [1.807, 2.05) is 24.3 Å². The number of nitrogens with two attached hydrogens (primary N) is 4. The van der Waals surface area contributed by atoms with Gasteiger partial charge in [-0.25, -0.2) is 9.36 Å². The molecule has 8 heterocycles. The summed E-state index contributed by atoms with van der Waals surface area (Å²) >= 11 is 2.13. The van der Waals surface area contributed by atoms with Gasteiger partial charge in [-0.05, 0) is 151 Å². The number of rotatable bonds is 28. The largest absolute Gasteiger partial charge is 0.535 e. The molecule has 7 aromatic rings. The molecule has 0 aliphatic carbocycles. The second kappa shape index (κ2) is 37.8. The Balaban J connectivity index is 0.000000164. The molecule has 0 saturated carbocycles. The molecule has 0 radical (unpaired) electrons. The van der Waals surface area contributed by atoms with Crippen LogP contribution in [0, 0.1) is 0 Å². The number of ketones is 8. The van der Waals surface area contributed by atoms with Gasteiger partial charge in [-0.1, -0.05) is 53.7 Å². The number of carbonyl (C=O) groups excluding carboxylic acids is 8. The van der Waals surface area contributed by atoms with Gasteiger partial charge in [-0.2, -0.15) is 15.0 Å². The third-order valence-corrected chi connectivity index (χ3v) is 19.3. The topological polar surface area (TPSA) is 521 Å². The summed E-state index contributed by atoms with van der Waals surface area (Å²) in [6.07, 6.45) is 4.72. The Morgan fingerprint density at radius 1 is 0.538 bits per heavy atom. The number of azo groups is 1. The summed E-state index contributed by atoms with van der Waals surface area (Å²) in [4.78, 5) is 97.6. The molecular weight excluding hydrogens is 1480 g/mol. The van der Waals surface area contributed by atoms with Crippen LogP contribution in [0.1, 0.15) is 141 Å². The Hall–Kier alpha value is -9.31. The van der Waals surface area contributed by atoms with E-state index in [9.17, 15) is 63.6 Å². The molecule has 6 atom stereocenters. The Bertz CT molecular complexity index is 4430. The molecule has 0 bridgehead atoms. The van der Waals surface area contributed by atoms with Crippen LogP contribution >= 0.6 is 22.6 Å². The number of halogens is 1. The van der Waals surface area contributed by atoms with Crippen LogP contribution < -0.4 is 41.6 Å². The SMILES string of the molecule is CC(=O)c1cccc2c1OB(O)[C@@H](CC(=O)CC1N=NC(CN)=C1I)C2.CC(=O)c1cccc2c1OB(O)[C@@H](CC(=O)Cn1cc(CC(O)CN)nn1)C2.CC(=O)c1cccc2c1OB(O)[C@@H](CC(=O)Cn1nnc(CCN)n1)C2.CC(=O)c1cccc2c1OB(O)[C@@H](CC(=O)Cn1nnnc1CCN)C2.